The van der Waals surface area contributed by atoms with E-state index in [2.05, 4.69) is 52.0 Å². The number of nitrogens with two attached hydrogens (primary N) is 1. The monoisotopic (exact) mass is 273 g/mol. The quantitative estimate of drug-likeness (QED) is 0.847. The number of rotatable bonds is 3. The van der Waals surface area contributed by atoms with Crippen molar-refractivity contribution in [1.82, 2.24) is 0 Å². The number of hydrogen-bond acceptors (Lipinski definition) is 1. The molecule has 0 heterocycles. The number of hydrogen-bond donors (Lipinski definition) is 1. The second kappa shape index (κ2) is 6.30. The third kappa shape index (κ3) is 4.09. The molecule has 1 aliphatic rings. The molecular formula is C19H31N. The molecule has 0 amide bonds. The molecule has 1 aliphatic carbocycles. The lowest BCUT2D eigenvalue weighted by atomic mass is 9.68. The molecule has 0 radical (unpaired) electrons. The van der Waals surface area contributed by atoms with Gasteiger partial charge in [0.2, 0.25) is 0 Å². The molecule has 112 valence electrons. The van der Waals surface area contributed by atoms with Crippen LogP contribution in [0.1, 0.15) is 57.6 Å². The van der Waals surface area contributed by atoms with Gasteiger partial charge in [0.25, 0.3) is 0 Å². The maximum absolute atomic E-state index is 6.49. The average molecular weight is 273 g/mol. The lowest BCUT2D eigenvalue weighted by Crippen LogP contribution is -2.36. The van der Waals surface area contributed by atoms with E-state index >= 15 is 0 Å². The summed E-state index contributed by atoms with van der Waals surface area (Å²) in [6.45, 7) is 9.30. The van der Waals surface area contributed by atoms with E-state index in [0.717, 1.165) is 12.3 Å². The Morgan fingerprint density at radius 2 is 1.80 bits per heavy atom. The molecule has 0 spiro atoms. The molecule has 1 unspecified atom stereocenters. The van der Waals surface area contributed by atoms with Crippen molar-refractivity contribution in [2.24, 2.45) is 23.0 Å². The molecule has 1 aromatic rings. The van der Waals surface area contributed by atoms with Crippen LogP contribution in [0.15, 0.2) is 24.3 Å². The first-order valence-electron chi connectivity index (χ1n) is 8.17. The summed E-state index contributed by atoms with van der Waals surface area (Å²) in [6.07, 6.45) is 6.38. The summed E-state index contributed by atoms with van der Waals surface area (Å²) in [5.74, 6) is 1.60. The molecule has 0 aromatic heterocycles. The van der Waals surface area contributed by atoms with Crippen LogP contribution < -0.4 is 5.73 Å². The Kier molecular flexibility index (Phi) is 4.90. The van der Waals surface area contributed by atoms with Gasteiger partial charge in [0.1, 0.15) is 0 Å². The molecule has 1 aromatic carbocycles. The van der Waals surface area contributed by atoms with Gasteiger partial charge in [-0.2, -0.15) is 0 Å². The van der Waals surface area contributed by atoms with Gasteiger partial charge in [-0.3, -0.25) is 0 Å². The van der Waals surface area contributed by atoms with Crippen molar-refractivity contribution in [3.8, 4) is 0 Å². The van der Waals surface area contributed by atoms with E-state index < -0.39 is 0 Å². The van der Waals surface area contributed by atoms with Crippen LogP contribution in [-0.2, 0) is 6.42 Å². The second-order valence-electron chi connectivity index (χ2n) is 7.83. The van der Waals surface area contributed by atoms with Crippen molar-refractivity contribution in [2.75, 3.05) is 0 Å². The highest BCUT2D eigenvalue weighted by molar-refractivity contribution is 5.23. The van der Waals surface area contributed by atoms with Gasteiger partial charge >= 0.3 is 0 Å². The van der Waals surface area contributed by atoms with Gasteiger partial charge in [-0.05, 0) is 61.8 Å². The fourth-order valence-electron chi connectivity index (χ4n) is 3.69. The van der Waals surface area contributed by atoms with E-state index in [9.17, 15) is 0 Å². The fourth-order valence-corrected chi connectivity index (χ4v) is 3.69. The molecule has 1 atom stereocenters. The first-order valence-corrected chi connectivity index (χ1v) is 8.17. The Bertz CT molecular complexity index is 422. The topological polar surface area (TPSA) is 26.0 Å². The molecule has 0 bridgehead atoms. The van der Waals surface area contributed by atoms with Crippen molar-refractivity contribution in [3.05, 3.63) is 35.4 Å². The first kappa shape index (κ1) is 15.6. The third-order valence-electron chi connectivity index (χ3n) is 5.16. The summed E-state index contributed by atoms with van der Waals surface area (Å²) >= 11 is 0. The summed E-state index contributed by atoms with van der Waals surface area (Å²) < 4.78 is 0. The van der Waals surface area contributed by atoms with Crippen LogP contribution in [0.5, 0.6) is 0 Å². The maximum atomic E-state index is 6.49. The molecule has 2 N–H and O–H groups in total. The van der Waals surface area contributed by atoms with Gasteiger partial charge < -0.3 is 5.73 Å². The minimum Gasteiger partial charge on any atom is -0.327 e. The van der Waals surface area contributed by atoms with Crippen molar-refractivity contribution in [1.29, 1.82) is 0 Å². The first-order chi connectivity index (χ1) is 9.36. The minimum absolute atomic E-state index is 0.331. The maximum Gasteiger partial charge on any atom is 0.0108 e. The summed E-state index contributed by atoms with van der Waals surface area (Å²) in [6, 6.07) is 9.13. The predicted molar refractivity (Wildman–Crippen MR) is 87.8 cm³/mol. The zero-order valence-corrected chi connectivity index (χ0v) is 13.7. The van der Waals surface area contributed by atoms with Crippen molar-refractivity contribution in [2.45, 2.75) is 65.8 Å². The molecule has 20 heavy (non-hydrogen) atoms. The number of aryl methyl sites for hydroxylation is 1. The predicted octanol–water partition coefficient (Wildman–Crippen LogP) is 4.72. The van der Waals surface area contributed by atoms with Crippen LogP contribution in [0.25, 0.3) is 0 Å². The molecule has 1 fully saturated rings. The summed E-state index contributed by atoms with van der Waals surface area (Å²) in [5, 5.41) is 0. The molecule has 1 nitrogen and oxygen atoms in total. The fraction of sp³-hybridized carbons (Fsp3) is 0.684. The highest BCUT2D eigenvalue weighted by Gasteiger charge is 2.31. The Balaban J connectivity index is 1.87. The summed E-state index contributed by atoms with van der Waals surface area (Å²) in [4.78, 5) is 0. The van der Waals surface area contributed by atoms with Crippen molar-refractivity contribution in [3.63, 3.8) is 0 Å². The molecular weight excluding hydrogens is 242 g/mol. The van der Waals surface area contributed by atoms with Crippen LogP contribution >= 0.6 is 0 Å². The van der Waals surface area contributed by atoms with E-state index in [1.807, 2.05) is 0 Å². The molecule has 1 heteroatoms. The SMILES string of the molecule is Cc1cccc(CC(N)C2CCC(C(C)(C)C)CC2)c1. The normalized spacial score (nSPS) is 25.4. The van der Waals surface area contributed by atoms with Gasteiger partial charge in [-0.15, -0.1) is 0 Å². The highest BCUT2D eigenvalue weighted by atomic mass is 14.7. The van der Waals surface area contributed by atoms with E-state index in [0.29, 0.717) is 17.4 Å². The van der Waals surface area contributed by atoms with Gasteiger partial charge in [-0.1, -0.05) is 50.6 Å². The Hall–Kier alpha value is -0.820. The molecule has 2 rings (SSSR count). The molecule has 1 saturated carbocycles. The van der Waals surface area contributed by atoms with Crippen LogP contribution in [0.3, 0.4) is 0 Å². The highest BCUT2D eigenvalue weighted by Crippen LogP contribution is 2.40. The molecule has 0 saturated heterocycles. The largest absolute Gasteiger partial charge is 0.327 e. The Morgan fingerprint density at radius 1 is 1.15 bits per heavy atom. The summed E-state index contributed by atoms with van der Waals surface area (Å²) in [7, 11) is 0. The van der Waals surface area contributed by atoms with E-state index in [-0.39, 0.29) is 0 Å². The van der Waals surface area contributed by atoms with Gasteiger partial charge in [0.15, 0.2) is 0 Å². The van der Waals surface area contributed by atoms with Gasteiger partial charge in [0, 0.05) is 6.04 Å². The Labute approximate surface area is 125 Å². The van der Waals surface area contributed by atoms with Crippen molar-refractivity contribution >= 4 is 0 Å². The van der Waals surface area contributed by atoms with Crippen LogP contribution in [0.2, 0.25) is 0 Å². The average Bonchev–Trinajstić information content (AvgIpc) is 2.38. The van der Waals surface area contributed by atoms with Gasteiger partial charge in [-0.25, -0.2) is 0 Å². The lowest BCUT2D eigenvalue weighted by Gasteiger charge is -2.38. The van der Waals surface area contributed by atoms with E-state index in [1.165, 1.54) is 36.8 Å². The van der Waals surface area contributed by atoms with E-state index in [4.69, 9.17) is 5.73 Å². The standard InChI is InChI=1S/C19H31N/c1-14-6-5-7-15(12-14)13-18(20)16-8-10-17(11-9-16)19(2,3)4/h5-7,12,16-18H,8-11,13,20H2,1-4H3. The molecule has 0 aliphatic heterocycles. The number of benzene rings is 1. The zero-order chi connectivity index (χ0) is 14.8. The van der Waals surface area contributed by atoms with Crippen LogP contribution in [-0.4, -0.2) is 6.04 Å². The van der Waals surface area contributed by atoms with Crippen molar-refractivity contribution < 1.29 is 0 Å². The smallest absolute Gasteiger partial charge is 0.0108 e. The van der Waals surface area contributed by atoms with Gasteiger partial charge in [0.05, 0.1) is 0 Å². The van der Waals surface area contributed by atoms with E-state index in [1.54, 1.807) is 0 Å². The Morgan fingerprint density at radius 3 is 2.35 bits per heavy atom. The lowest BCUT2D eigenvalue weighted by molar-refractivity contribution is 0.139. The minimum atomic E-state index is 0.331. The zero-order valence-electron chi connectivity index (χ0n) is 13.7. The second-order valence-corrected chi connectivity index (χ2v) is 7.83. The van der Waals surface area contributed by atoms with Crippen LogP contribution in [0, 0.1) is 24.2 Å². The summed E-state index contributed by atoms with van der Waals surface area (Å²) in [5.41, 5.74) is 9.69. The van der Waals surface area contributed by atoms with Crippen LogP contribution in [0.4, 0.5) is 0 Å². The third-order valence-corrected chi connectivity index (χ3v) is 5.16.